The Bertz CT molecular complexity index is 267. The summed E-state index contributed by atoms with van der Waals surface area (Å²) in [6.45, 7) is 4.97. The van der Waals surface area contributed by atoms with Crippen molar-refractivity contribution in [1.29, 1.82) is 0 Å². The molecule has 1 heteroatoms. The van der Waals surface area contributed by atoms with E-state index in [9.17, 15) is 0 Å². The molecule has 0 heterocycles. The molecule has 0 radical (unpaired) electrons. The van der Waals surface area contributed by atoms with E-state index >= 15 is 0 Å². The van der Waals surface area contributed by atoms with Gasteiger partial charge in [0.05, 0.1) is 0 Å². The summed E-state index contributed by atoms with van der Waals surface area (Å²) in [6, 6.07) is 0. The Morgan fingerprint density at radius 3 is 2.43 bits per heavy atom. The summed E-state index contributed by atoms with van der Waals surface area (Å²) in [5, 5.41) is 0. The van der Waals surface area contributed by atoms with Crippen LogP contribution in [0, 0.1) is 17.3 Å². The summed E-state index contributed by atoms with van der Waals surface area (Å²) < 4.78 is 1.51. The monoisotopic (exact) mass is 300 g/mol. The molecule has 0 aromatic rings. The van der Waals surface area contributed by atoms with E-state index in [0.717, 1.165) is 11.8 Å². The van der Waals surface area contributed by atoms with Gasteiger partial charge >= 0.3 is 93.2 Å². The average molecular weight is 299 g/mol. The van der Waals surface area contributed by atoms with Gasteiger partial charge < -0.3 is 0 Å². The van der Waals surface area contributed by atoms with Crippen LogP contribution in [0.4, 0.5) is 0 Å². The molecular formula is C13H24Sn. The third kappa shape index (κ3) is 1.79. The molecule has 3 rings (SSSR count). The van der Waals surface area contributed by atoms with Crippen LogP contribution in [0.3, 0.4) is 0 Å². The van der Waals surface area contributed by atoms with Crippen molar-refractivity contribution in [2.45, 2.75) is 45.9 Å². The molecule has 0 aliphatic heterocycles. The fourth-order valence-electron chi connectivity index (χ4n) is 3.29. The van der Waals surface area contributed by atoms with E-state index in [1.165, 1.54) is 17.3 Å². The second-order valence-corrected chi connectivity index (χ2v) is 22.7. The van der Waals surface area contributed by atoms with Crippen LogP contribution in [0.2, 0.25) is 19.3 Å². The van der Waals surface area contributed by atoms with Gasteiger partial charge in [0, 0.05) is 0 Å². The zero-order valence-electron chi connectivity index (χ0n) is 10.4. The van der Waals surface area contributed by atoms with Gasteiger partial charge in [-0.3, -0.25) is 0 Å². The number of rotatable bonds is 2. The molecule has 2 bridgehead atoms. The van der Waals surface area contributed by atoms with Gasteiger partial charge in [-0.05, 0) is 0 Å². The van der Waals surface area contributed by atoms with E-state index < -0.39 is 18.4 Å². The molecule has 0 amide bonds. The Kier molecular flexibility index (Phi) is 2.57. The third-order valence-electron chi connectivity index (χ3n) is 4.32. The van der Waals surface area contributed by atoms with E-state index in [-0.39, 0.29) is 0 Å². The minimum absolute atomic E-state index is 0.640. The maximum absolute atomic E-state index is 2.59. The van der Waals surface area contributed by atoms with Gasteiger partial charge in [0.1, 0.15) is 0 Å². The Labute approximate surface area is 93.0 Å². The van der Waals surface area contributed by atoms with Crippen molar-refractivity contribution in [1.82, 2.24) is 0 Å². The maximum atomic E-state index is 2.59. The Morgan fingerprint density at radius 1 is 1.36 bits per heavy atom. The third-order valence-corrected chi connectivity index (χ3v) is 8.51. The zero-order valence-corrected chi connectivity index (χ0v) is 13.2. The van der Waals surface area contributed by atoms with Gasteiger partial charge in [-0.15, -0.1) is 0 Å². The predicted molar refractivity (Wildman–Crippen MR) is 66.2 cm³/mol. The first-order chi connectivity index (χ1) is 6.31. The summed E-state index contributed by atoms with van der Waals surface area (Å²) in [4.78, 5) is 7.69. The summed E-state index contributed by atoms with van der Waals surface area (Å²) in [5.41, 5.74) is 2.49. The average Bonchev–Trinajstić information content (AvgIpc) is 2.00. The Hall–Kier alpha value is 0.539. The standard InChI is InChI=1S/C10H15.3CH3.Sn/c1-7-4-5-8-6-9(7)10(8,2)3;;;;/h4,8-9H,1,5-6H2,2-3H3;3*1H3;. The van der Waals surface area contributed by atoms with Crippen LogP contribution in [0.15, 0.2) is 11.6 Å². The van der Waals surface area contributed by atoms with E-state index in [2.05, 4.69) is 34.7 Å². The molecule has 0 spiro atoms. The van der Waals surface area contributed by atoms with Crippen molar-refractivity contribution in [3.8, 4) is 0 Å². The molecule has 0 aromatic carbocycles. The van der Waals surface area contributed by atoms with Crippen LogP contribution < -0.4 is 0 Å². The first-order valence-corrected chi connectivity index (χ1v) is 16.6. The molecule has 2 unspecified atom stereocenters. The van der Waals surface area contributed by atoms with E-state index in [0.29, 0.717) is 5.41 Å². The minimum atomic E-state index is -1.59. The van der Waals surface area contributed by atoms with Crippen molar-refractivity contribution in [2.24, 2.45) is 17.3 Å². The number of hydrogen-bond donors (Lipinski definition) is 0. The van der Waals surface area contributed by atoms with Gasteiger partial charge in [-0.25, -0.2) is 0 Å². The molecule has 3 aliphatic carbocycles. The normalized spacial score (nSPS) is 34.8. The zero-order chi connectivity index (χ0) is 10.6. The molecule has 80 valence electrons. The van der Waals surface area contributed by atoms with Crippen LogP contribution in [0.5, 0.6) is 0 Å². The Balaban J connectivity index is 2.11. The number of hydrogen-bond acceptors (Lipinski definition) is 0. The van der Waals surface area contributed by atoms with Crippen LogP contribution in [0.25, 0.3) is 0 Å². The molecule has 0 saturated heterocycles. The number of allylic oxidation sites excluding steroid dienone is 2. The number of fused-ring (bicyclic) bond motifs is 1. The first-order valence-electron chi connectivity index (χ1n) is 5.99. The molecule has 3 aliphatic rings. The van der Waals surface area contributed by atoms with E-state index in [1.807, 2.05) is 5.57 Å². The fraction of sp³-hybridized carbons (Fsp3) is 0.846. The van der Waals surface area contributed by atoms with Crippen LogP contribution in [-0.4, -0.2) is 18.4 Å². The van der Waals surface area contributed by atoms with E-state index in [4.69, 9.17) is 0 Å². The van der Waals surface area contributed by atoms with Gasteiger partial charge in [0.25, 0.3) is 0 Å². The quantitative estimate of drug-likeness (QED) is 0.526. The van der Waals surface area contributed by atoms with E-state index in [1.54, 1.807) is 0 Å². The van der Waals surface area contributed by atoms with Crippen LogP contribution in [-0.2, 0) is 0 Å². The topological polar surface area (TPSA) is 0 Å². The summed E-state index contributed by atoms with van der Waals surface area (Å²) in [6.07, 6.45) is 5.47. The molecule has 2 atom stereocenters. The molecule has 1 fully saturated rings. The molecule has 1 saturated carbocycles. The second-order valence-electron chi connectivity index (χ2n) is 7.06. The van der Waals surface area contributed by atoms with Crippen molar-refractivity contribution in [3.63, 3.8) is 0 Å². The SMILES string of the molecule is CC1(C)C2CC=C([CH2][Sn]([CH3])([CH3])[CH3])C1C2. The molecular weight excluding hydrogens is 275 g/mol. The second kappa shape index (κ2) is 3.26. The molecule has 14 heavy (non-hydrogen) atoms. The summed E-state index contributed by atoms with van der Waals surface area (Å²) >= 11 is -1.59. The van der Waals surface area contributed by atoms with Crippen molar-refractivity contribution >= 4 is 18.4 Å². The predicted octanol–water partition coefficient (Wildman–Crippen LogP) is 4.32. The van der Waals surface area contributed by atoms with Gasteiger partial charge in [0.2, 0.25) is 0 Å². The molecule has 0 N–H and O–H groups in total. The van der Waals surface area contributed by atoms with Gasteiger partial charge in [-0.1, -0.05) is 0 Å². The summed E-state index contributed by atoms with van der Waals surface area (Å²) in [7, 11) is 0. The van der Waals surface area contributed by atoms with Crippen LogP contribution >= 0.6 is 0 Å². The van der Waals surface area contributed by atoms with Gasteiger partial charge in [-0.2, -0.15) is 0 Å². The van der Waals surface area contributed by atoms with Gasteiger partial charge in [0.15, 0.2) is 0 Å². The van der Waals surface area contributed by atoms with Crippen molar-refractivity contribution < 1.29 is 0 Å². The van der Waals surface area contributed by atoms with Crippen molar-refractivity contribution in [2.75, 3.05) is 0 Å². The first kappa shape index (κ1) is 11.0. The fourth-order valence-corrected chi connectivity index (χ4v) is 7.90. The van der Waals surface area contributed by atoms with Crippen molar-refractivity contribution in [3.05, 3.63) is 11.6 Å². The molecule has 0 nitrogen and oxygen atoms in total. The summed E-state index contributed by atoms with van der Waals surface area (Å²) in [5.74, 6) is 1.96. The van der Waals surface area contributed by atoms with Crippen LogP contribution in [0.1, 0.15) is 26.7 Å². The Morgan fingerprint density at radius 2 is 2.00 bits per heavy atom. The molecule has 0 aromatic heterocycles.